The number of nitrogens with one attached hydrogen (secondary N) is 2. The maximum Gasteiger partial charge on any atom is 0.237 e. The maximum atomic E-state index is 12.4. The lowest BCUT2D eigenvalue weighted by Gasteiger charge is -2.11. The third kappa shape index (κ3) is 4.81. The second-order valence-electron chi connectivity index (χ2n) is 5.93. The second kappa shape index (κ2) is 8.45. The number of rotatable bonds is 6. The van der Waals surface area contributed by atoms with Gasteiger partial charge in [0.1, 0.15) is 5.75 Å². The summed E-state index contributed by atoms with van der Waals surface area (Å²) >= 11 is 7.37. The standard InChI is InChI=1S/C19H19ClN4O2S/c1-11-4-6-13(7-5-11)17-22-19(24-23-17)27-12(2)18(25)21-14-8-9-16(26-3)15(20)10-14/h4-10,12H,1-3H3,(H,21,25)(H,22,23,24)/t12-/m0/s1. The van der Waals surface area contributed by atoms with E-state index in [0.717, 1.165) is 5.56 Å². The normalized spacial score (nSPS) is 11.9. The molecule has 1 heterocycles. The Morgan fingerprint density at radius 1 is 1.26 bits per heavy atom. The summed E-state index contributed by atoms with van der Waals surface area (Å²) in [6.45, 7) is 3.83. The van der Waals surface area contributed by atoms with Crippen LogP contribution in [0.5, 0.6) is 5.75 Å². The molecule has 0 bridgehead atoms. The summed E-state index contributed by atoms with van der Waals surface area (Å²) in [5.74, 6) is 1.07. The number of H-pyrrole nitrogens is 1. The molecule has 1 amide bonds. The first-order chi connectivity index (χ1) is 13.0. The number of amides is 1. The highest BCUT2D eigenvalue weighted by Gasteiger charge is 2.18. The van der Waals surface area contributed by atoms with Crippen LogP contribution in [0.2, 0.25) is 5.02 Å². The van der Waals surface area contributed by atoms with Gasteiger partial charge in [0.15, 0.2) is 5.82 Å². The molecule has 6 nitrogen and oxygen atoms in total. The number of nitrogens with zero attached hydrogens (tertiary/aromatic N) is 2. The molecule has 0 aliphatic carbocycles. The Labute approximate surface area is 166 Å². The van der Waals surface area contributed by atoms with Gasteiger partial charge in [0.05, 0.1) is 17.4 Å². The van der Waals surface area contributed by atoms with Gasteiger partial charge >= 0.3 is 0 Å². The summed E-state index contributed by atoms with van der Waals surface area (Å²) in [5.41, 5.74) is 2.73. The molecule has 0 spiro atoms. The summed E-state index contributed by atoms with van der Waals surface area (Å²) in [5, 5.41) is 10.5. The van der Waals surface area contributed by atoms with E-state index in [1.54, 1.807) is 32.2 Å². The van der Waals surface area contributed by atoms with Gasteiger partial charge in [0, 0.05) is 11.3 Å². The molecule has 1 aromatic heterocycles. The summed E-state index contributed by atoms with van der Waals surface area (Å²) < 4.78 is 5.11. The molecule has 140 valence electrons. The SMILES string of the molecule is COc1ccc(NC(=O)[C@H](C)Sc2n[nH]c(-c3ccc(C)cc3)n2)cc1Cl. The van der Waals surface area contributed by atoms with Gasteiger partial charge in [-0.3, -0.25) is 9.89 Å². The van der Waals surface area contributed by atoms with Crippen LogP contribution >= 0.6 is 23.4 Å². The van der Waals surface area contributed by atoms with E-state index in [1.165, 1.54) is 17.3 Å². The second-order valence-corrected chi connectivity index (χ2v) is 7.65. The molecule has 0 fully saturated rings. The Morgan fingerprint density at radius 2 is 2.00 bits per heavy atom. The quantitative estimate of drug-likeness (QED) is 0.591. The fourth-order valence-corrected chi connectivity index (χ4v) is 3.32. The third-order valence-corrected chi connectivity index (χ3v) is 5.12. The monoisotopic (exact) mass is 402 g/mol. The van der Waals surface area contributed by atoms with Crippen LogP contribution in [0.1, 0.15) is 12.5 Å². The van der Waals surface area contributed by atoms with Gasteiger partial charge in [-0.25, -0.2) is 4.98 Å². The number of aryl methyl sites for hydroxylation is 1. The van der Waals surface area contributed by atoms with Crippen LogP contribution in [0.25, 0.3) is 11.4 Å². The molecule has 2 N–H and O–H groups in total. The molecule has 8 heteroatoms. The van der Waals surface area contributed by atoms with Crippen LogP contribution in [0.4, 0.5) is 5.69 Å². The highest BCUT2D eigenvalue weighted by atomic mass is 35.5. The lowest BCUT2D eigenvalue weighted by atomic mass is 10.1. The van der Waals surface area contributed by atoms with Gasteiger partial charge in [-0.05, 0) is 32.0 Å². The molecular formula is C19H19ClN4O2S. The first-order valence-electron chi connectivity index (χ1n) is 8.27. The molecule has 27 heavy (non-hydrogen) atoms. The Kier molecular flexibility index (Phi) is 6.03. The largest absolute Gasteiger partial charge is 0.495 e. The zero-order valence-corrected chi connectivity index (χ0v) is 16.7. The van der Waals surface area contributed by atoms with Crippen LogP contribution in [0.3, 0.4) is 0 Å². The molecule has 0 saturated carbocycles. The number of methoxy groups -OCH3 is 1. The minimum Gasteiger partial charge on any atom is -0.495 e. The van der Waals surface area contributed by atoms with Crippen LogP contribution in [-0.2, 0) is 4.79 Å². The molecule has 0 aliphatic heterocycles. The number of aromatic nitrogens is 3. The topological polar surface area (TPSA) is 79.9 Å². The van der Waals surface area contributed by atoms with Crippen LogP contribution in [-0.4, -0.2) is 33.4 Å². The summed E-state index contributed by atoms with van der Waals surface area (Å²) in [6, 6.07) is 13.1. The summed E-state index contributed by atoms with van der Waals surface area (Å²) in [7, 11) is 1.54. The van der Waals surface area contributed by atoms with Gasteiger partial charge in [-0.15, -0.1) is 5.10 Å². The van der Waals surface area contributed by atoms with Crippen molar-refractivity contribution in [2.45, 2.75) is 24.3 Å². The van der Waals surface area contributed by atoms with E-state index >= 15 is 0 Å². The zero-order valence-electron chi connectivity index (χ0n) is 15.1. The van der Waals surface area contributed by atoms with Crippen LogP contribution in [0.15, 0.2) is 47.6 Å². The van der Waals surface area contributed by atoms with E-state index in [2.05, 4.69) is 20.5 Å². The lowest BCUT2D eigenvalue weighted by molar-refractivity contribution is -0.115. The fourth-order valence-electron chi connectivity index (χ4n) is 2.34. The number of benzene rings is 2. The molecule has 0 radical (unpaired) electrons. The van der Waals surface area contributed by atoms with E-state index in [4.69, 9.17) is 16.3 Å². The molecule has 3 aromatic rings. The minimum absolute atomic E-state index is 0.164. The van der Waals surface area contributed by atoms with Crippen molar-refractivity contribution in [3.8, 4) is 17.1 Å². The highest BCUT2D eigenvalue weighted by Crippen LogP contribution is 2.28. The molecule has 0 saturated heterocycles. The fraction of sp³-hybridized carbons (Fsp3) is 0.211. The molecule has 2 aromatic carbocycles. The molecule has 0 unspecified atom stereocenters. The van der Waals surface area contributed by atoms with Crippen molar-refractivity contribution < 1.29 is 9.53 Å². The maximum absolute atomic E-state index is 12.4. The van der Waals surface area contributed by atoms with Gasteiger partial charge in [-0.2, -0.15) is 0 Å². The zero-order chi connectivity index (χ0) is 19.4. The Bertz CT molecular complexity index is 943. The molecular weight excluding hydrogens is 384 g/mol. The number of carbonyl (C=O) groups excluding carboxylic acids is 1. The number of hydrogen-bond acceptors (Lipinski definition) is 5. The van der Waals surface area contributed by atoms with Crippen molar-refractivity contribution in [3.63, 3.8) is 0 Å². The average Bonchev–Trinajstić information content (AvgIpc) is 3.11. The predicted molar refractivity (Wildman–Crippen MR) is 109 cm³/mol. The minimum atomic E-state index is -0.382. The highest BCUT2D eigenvalue weighted by molar-refractivity contribution is 8.00. The van der Waals surface area contributed by atoms with Crippen molar-refractivity contribution in [1.82, 2.24) is 15.2 Å². The predicted octanol–water partition coefficient (Wildman–Crippen LogP) is 4.56. The summed E-state index contributed by atoms with van der Waals surface area (Å²) in [6.07, 6.45) is 0. The van der Waals surface area contributed by atoms with Crippen molar-refractivity contribution in [3.05, 3.63) is 53.1 Å². The molecule has 3 rings (SSSR count). The van der Waals surface area contributed by atoms with Gasteiger partial charge in [0.25, 0.3) is 0 Å². The number of anilines is 1. The first kappa shape index (κ1) is 19.3. The van der Waals surface area contributed by atoms with Crippen LogP contribution in [0, 0.1) is 6.92 Å². The Morgan fingerprint density at radius 3 is 2.67 bits per heavy atom. The Balaban J connectivity index is 1.63. The molecule has 0 aliphatic rings. The number of carbonyl (C=O) groups is 1. The lowest BCUT2D eigenvalue weighted by Crippen LogP contribution is -2.22. The van der Waals surface area contributed by atoms with Crippen molar-refractivity contribution in [2.24, 2.45) is 0 Å². The smallest absolute Gasteiger partial charge is 0.237 e. The summed E-state index contributed by atoms with van der Waals surface area (Å²) in [4.78, 5) is 16.9. The number of halogens is 1. The average molecular weight is 403 g/mol. The third-order valence-electron chi connectivity index (χ3n) is 3.86. The van der Waals surface area contributed by atoms with Crippen molar-refractivity contribution in [1.29, 1.82) is 0 Å². The molecule has 1 atom stereocenters. The van der Waals surface area contributed by atoms with E-state index < -0.39 is 0 Å². The van der Waals surface area contributed by atoms with Gasteiger partial charge in [0.2, 0.25) is 11.1 Å². The van der Waals surface area contributed by atoms with Crippen molar-refractivity contribution in [2.75, 3.05) is 12.4 Å². The van der Waals surface area contributed by atoms with Gasteiger partial charge < -0.3 is 10.1 Å². The number of hydrogen-bond donors (Lipinski definition) is 2. The van der Waals surface area contributed by atoms with Crippen LogP contribution < -0.4 is 10.1 Å². The number of ether oxygens (including phenoxy) is 1. The van der Waals surface area contributed by atoms with E-state index in [0.29, 0.717) is 27.4 Å². The Hall–Kier alpha value is -2.51. The number of aromatic amines is 1. The van der Waals surface area contributed by atoms with E-state index in [1.807, 2.05) is 31.2 Å². The van der Waals surface area contributed by atoms with E-state index in [9.17, 15) is 4.79 Å². The number of thioether (sulfide) groups is 1. The van der Waals surface area contributed by atoms with E-state index in [-0.39, 0.29) is 11.2 Å². The first-order valence-corrected chi connectivity index (χ1v) is 9.52. The van der Waals surface area contributed by atoms with Gasteiger partial charge in [-0.1, -0.05) is 53.2 Å². The van der Waals surface area contributed by atoms with Crippen molar-refractivity contribution >= 4 is 35.0 Å².